The number of carbonyl (C=O) groups is 1. The second-order valence-electron chi connectivity index (χ2n) is 5.75. The van der Waals surface area contributed by atoms with Crippen molar-refractivity contribution < 1.29 is 9.53 Å². The third-order valence-corrected chi connectivity index (χ3v) is 4.49. The van der Waals surface area contributed by atoms with E-state index in [9.17, 15) is 4.79 Å². The highest BCUT2D eigenvalue weighted by atomic mass is 35.5. The van der Waals surface area contributed by atoms with Crippen LogP contribution in [0, 0.1) is 11.3 Å². The molecule has 2 heterocycles. The van der Waals surface area contributed by atoms with Gasteiger partial charge in [-0.15, -0.1) is 11.6 Å². The summed E-state index contributed by atoms with van der Waals surface area (Å²) in [5, 5.41) is 14.9. The fraction of sp³-hybridized carbons (Fsp3) is 0.278. The number of anilines is 1. The number of alkyl halides is 1. The number of carbonyl (C=O) groups excluding carboxylic acids is 1. The molecule has 7 heteroatoms. The maximum absolute atomic E-state index is 12.7. The molecule has 1 fully saturated rings. The molecule has 6 nitrogen and oxygen atoms in total. The Morgan fingerprint density at radius 2 is 2.32 bits per heavy atom. The van der Waals surface area contributed by atoms with Gasteiger partial charge >= 0.3 is 0 Å². The number of hydrogen-bond donors (Lipinski definition) is 2. The molecule has 1 amide bonds. The number of nitriles is 1. The number of aromatic nitrogens is 1. The van der Waals surface area contributed by atoms with Gasteiger partial charge in [0.05, 0.1) is 29.4 Å². The van der Waals surface area contributed by atoms with E-state index in [2.05, 4.69) is 15.6 Å². The molecule has 0 bridgehead atoms. The highest BCUT2D eigenvalue weighted by Crippen LogP contribution is 2.27. The Morgan fingerprint density at radius 1 is 1.48 bits per heavy atom. The van der Waals surface area contributed by atoms with Crippen LogP contribution in [0.3, 0.4) is 0 Å². The Balaban J connectivity index is 1.82. The number of hydrogen-bond acceptors (Lipinski definition) is 5. The molecule has 0 spiro atoms. The number of rotatable bonds is 3. The van der Waals surface area contributed by atoms with Crippen LogP contribution in [-0.2, 0) is 4.74 Å². The summed E-state index contributed by atoms with van der Waals surface area (Å²) in [5.41, 5.74) is 1.94. The van der Waals surface area contributed by atoms with Gasteiger partial charge in [-0.25, -0.2) is 0 Å². The van der Waals surface area contributed by atoms with E-state index in [1.54, 1.807) is 36.5 Å². The summed E-state index contributed by atoms with van der Waals surface area (Å²) < 4.78 is 5.92. The molecular formula is C18H17ClN4O2. The van der Waals surface area contributed by atoms with Crippen molar-refractivity contribution in [3.8, 4) is 6.07 Å². The van der Waals surface area contributed by atoms with E-state index >= 15 is 0 Å². The maximum atomic E-state index is 12.7. The standard InChI is InChI=1S/C18H17ClN4O2/c1-11-17(19)22-10-16(25-11)14-5-6-21-9-15(14)18(24)23-13-4-2-3-12(7-13)8-20/h2-7,9,11,16-17,22H,10H2,1H3,(H,23,24). The molecule has 3 atom stereocenters. The lowest BCUT2D eigenvalue weighted by molar-refractivity contribution is -0.0382. The number of nitrogens with one attached hydrogen (secondary N) is 2. The van der Waals surface area contributed by atoms with Crippen LogP contribution < -0.4 is 10.6 Å². The molecule has 1 aromatic carbocycles. The van der Waals surface area contributed by atoms with Gasteiger partial charge in [-0.2, -0.15) is 5.26 Å². The predicted octanol–water partition coefficient (Wildman–Crippen LogP) is 2.82. The smallest absolute Gasteiger partial charge is 0.257 e. The monoisotopic (exact) mass is 356 g/mol. The summed E-state index contributed by atoms with van der Waals surface area (Å²) in [7, 11) is 0. The van der Waals surface area contributed by atoms with Crippen LogP contribution >= 0.6 is 11.6 Å². The highest BCUT2D eigenvalue weighted by molar-refractivity contribution is 6.20. The van der Waals surface area contributed by atoms with Gasteiger partial charge < -0.3 is 10.1 Å². The number of ether oxygens (including phenoxy) is 1. The van der Waals surface area contributed by atoms with Crippen molar-refractivity contribution in [3.05, 3.63) is 59.4 Å². The third kappa shape index (κ3) is 3.97. The largest absolute Gasteiger partial charge is 0.366 e. The summed E-state index contributed by atoms with van der Waals surface area (Å²) in [6.07, 6.45) is 2.67. The molecule has 3 unspecified atom stereocenters. The van der Waals surface area contributed by atoms with Crippen LogP contribution in [0.2, 0.25) is 0 Å². The van der Waals surface area contributed by atoms with Crippen molar-refractivity contribution in [2.24, 2.45) is 0 Å². The molecule has 0 radical (unpaired) electrons. The van der Waals surface area contributed by atoms with Crippen molar-refractivity contribution in [1.82, 2.24) is 10.3 Å². The van der Waals surface area contributed by atoms with Crippen molar-refractivity contribution >= 4 is 23.2 Å². The molecule has 2 aromatic rings. The summed E-state index contributed by atoms with van der Waals surface area (Å²) in [6.45, 7) is 2.39. The second kappa shape index (κ2) is 7.62. The Hall–Kier alpha value is -2.46. The lowest BCUT2D eigenvalue weighted by atomic mass is 10.0. The summed E-state index contributed by atoms with van der Waals surface area (Å²) in [4.78, 5) is 16.7. The zero-order valence-corrected chi connectivity index (χ0v) is 14.3. The number of morpholine rings is 1. The van der Waals surface area contributed by atoms with Crippen molar-refractivity contribution in [1.29, 1.82) is 5.26 Å². The molecule has 1 aromatic heterocycles. The highest BCUT2D eigenvalue weighted by Gasteiger charge is 2.29. The Morgan fingerprint density at radius 3 is 3.08 bits per heavy atom. The first kappa shape index (κ1) is 17.4. The van der Waals surface area contributed by atoms with Crippen LogP contribution in [-0.4, -0.2) is 29.0 Å². The van der Waals surface area contributed by atoms with E-state index < -0.39 is 0 Å². The number of halogens is 1. The van der Waals surface area contributed by atoms with Crippen LogP contribution in [0.25, 0.3) is 0 Å². The first-order chi connectivity index (χ1) is 12.1. The van der Waals surface area contributed by atoms with Gasteiger partial charge in [0.1, 0.15) is 5.50 Å². The summed E-state index contributed by atoms with van der Waals surface area (Å²) in [5.74, 6) is -0.303. The Bertz CT molecular complexity index is 821. The van der Waals surface area contributed by atoms with Crippen LogP contribution in [0.5, 0.6) is 0 Å². The van der Waals surface area contributed by atoms with Crippen molar-refractivity contribution in [2.45, 2.75) is 24.6 Å². The van der Waals surface area contributed by atoms with Gasteiger partial charge in [0.15, 0.2) is 0 Å². The van der Waals surface area contributed by atoms with Gasteiger partial charge in [0.2, 0.25) is 0 Å². The molecule has 128 valence electrons. The molecular weight excluding hydrogens is 340 g/mol. The Kier molecular flexibility index (Phi) is 5.29. The zero-order valence-electron chi connectivity index (χ0n) is 13.6. The SMILES string of the molecule is CC1OC(c2ccncc2C(=O)Nc2cccc(C#N)c2)CNC1Cl. The van der Waals surface area contributed by atoms with Gasteiger partial charge in [-0.1, -0.05) is 6.07 Å². The predicted molar refractivity (Wildman–Crippen MR) is 94.3 cm³/mol. The molecule has 25 heavy (non-hydrogen) atoms. The first-order valence-electron chi connectivity index (χ1n) is 7.87. The molecule has 0 saturated carbocycles. The van der Waals surface area contributed by atoms with Gasteiger partial charge in [0, 0.05) is 24.6 Å². The van der Waals surface area contributed by atoms with Crippen molar-refractivity contribution in [2.75, 3.05) is 11.9 Å². The van der Waals surface area contributed by atoms with Crippen LogP contribution in [0.1, 0.15) is 34.5 Å². The normalized spacial score (nSPS) is 22.8. The lowest BCUT2D eigenvalue weighted by Crippen LogP contribution is -2.45. The number of nitrogens with zero attached hydrogens (tertiary/aromatic N) is 2. The van der Waals surface area contributed by atoms with E-state index in [-0.39, 0.29) is 23.6 Å². The van der Waals surface area contributed by atoms with Gasteiger partial charge in [-0.3, -0.25) is 15.1 Å². The average molecular weight is 357 g/mol. The van der Waals surface area contributed by atoms with Crippen molar-refractivity contribution in [3.63, 3.8) is 0 Å². The molecule has 3 rings (SSSR count). The molecule has 1 saturated heterocycles. The molecule has 2 N–H and O–H groups in total. The number of benzene rings is 1. The van der Waals surface area contributed by atoms with E-state index in [1.165, 1.54) is 6.20 Å². The second-order valence-corrected chi connectivity index (χ2v) is 6.22. The van der Waals surface area contributed by atoms with E-state index in [1.807, 2.05) is 13.0 Å². The minimum Gasteiger partial charge on any atom is -0.366 e. The number of pyridine rings is 1. The fourth-order valence-electron chi connectivity index (χ4n) is 2.69. The third-order valence-electron chi connectivity index (χ3n) is 3.99. The quantitative estimate of drug-likeness (QED) is 0.652. The fourth-order valence-corrected chi connectivity index (χ4v) is 2.83. The minimum absolute atomic E-state index is 0.184. The van der Waals surface area contributed by atoms with Gasteiger partial charge in [0.25, 0.3) is 5.91 Å². The summed E-state index contributed by atoms with van der Waals surface area (Å²) >= 11 is 6.10. The average Bonchev–Trinajstić information content (AvgIpc) is 2.64. The summed E-state index contributed by atoms with van der Waals surface area (Å²) in [6, 6.07) is 10.6. The topological polar surface area (TPSA) is 87.0 Å². The molecule has 1 aliphatic heterocycles. The zero-order chi connectivity index (χ0) is 17.8. The van der Waals surface area contributed by atoms with Crippen LogP contribution in [0.4, 0.5) is 5.69 Å². The van der Waals surface area contributed by atoms with Crippen LogP contribution in [0.15, 0.2) is 42.7 Å². The van der Waals surface area contributed by atoms with Gasteiger partial charge in [-0.05, 0) is 36.8 Å². The lowest BCUT2D eigenvalue weighted by Gasteiger charge is -2.33. The molecule has 0 aliphatic carbocycles. The minimum atomic E-state index is -0.303. The molecule has 1 aliphatic rings. The Labute approximate surface area is 150 Å². The number of amides is 1. The maximum Gasteiger partial charge on any atom is 0.257 e. The van der Waals surface area contributed by atoms with E-state index in [4.69, 9.17) is 21.6 Å². The van der Waals surface area contributed by atoms with E-state index in [0.29, 0.717) is 23.4 Å². The first-order valence-corrected chi connectivity index (χ1v) is 8.30. The van der Waals surface area contributed by atoms with E-state index in [0.717, 1.165) is 5.56 Å².